The standard InChI is InChI=1S/C114H66N8/c1-4-22-73(23-5-1)107-116-111(120-112(119-107)88-36-20-43-95-105(88)86-34-11-14-38-90(86)113(95)91-39-16-24-69-50-51-70-25-17-40-92(113)102(70)101(69)91)78-60-63-87-100(66-78)122(80-30-8-3-9-31-80)98-45-21-35-81(106(87)98)68-48-56-75(57-49-68)109-115-108(117-110(118-109)77-59-62-85-84-33-12-15-44-97(84)121(99(85)65-77)79-28-6-2-7-29-79)74-54-46-67(47-55-74)76-58-61-83-82-32-10-13-37-89(82)114(96(83)64-76)93-41-18-26-71-52-53-72-27-19-42-94(114)104(72)103(71)93/h1-66H. The molecule has 0 saturated carbocycles. The van der Waals surface area contributed by atoms with Crippen molar-refractivity contribution in [1.82, 2.24) is 39.0 Å². The summed E-state index contributed by atoms with van der Waals surface area (Å²) in [6.07, 6.45) is 0. The molecular weight excluding hydrogens is 1480 g/mol. The van der Waals surface area contributed by atoms with Gasteiger partial charge in [-0.1, -0.05) is 346 Å². The molecule has 0 aliphatic heterocycles. The molecule has 0 N–H and O–H groups in total. The Morgan fingerprint density at radius 2 is 0.533 bits per heavy atom. The molecule has 8 nitrogen and oxygen atoms in total. The molecule has 4 heterocycles. The van der Waals surface area contributed by atoms with Crippen molar-refractivity contribution < 1.29 is 0 Å². The van der Waals surface area contributed by atoms with E-state index in [0.717, 1.165) is 111 Å². The Kier molecular flexibility index (Phi) is 13.8. The number of benzene rings is 19. The highest BCUT2D eigenvalue weighted by atomic mass is 15.1. The van der Waals surface area contributed by atoms with Crippen molar-refractivity contribution >= 4 is 86.7 Å². The fraction of sp³-hybridized carbons (Fsp3) is 0.0175. The van der Waals surface area contributed by atoms with E-state index >= 15 is 0 Å². The van der Waals surface area contributed by atoms with Crippen molar-refractivity contribution in [3.63, 3.8) is 0 Å². The summed E-state index contributed by atoms with van der Waals surface area (Å²) in [6, 6.07) is 147. The van der Waals surface area contributed by atoms with E-state index in [4.69, 9.17) is 29.9 Å². The van der Waals surface area contributed by atoms with Gasteiger partial charge in [0.25, 0.3) is 0 Å². The maximum atomic E-state index is 5.63. The Morgan fingerprint density at radius 3 is 1.11 bits per heavy atom. The van der Waals surface area contributed by atoms with Gasteiger partial charge in [-0.25, -0.2) is 29.9 Å². The molecule has 4 aliphatic carbocycles. The Labute approximate surface area is 701 Å². The molecule has 8 heteroatoms. The van der Waals surface area contributed by atoms with Crippen LogP contribution in [0.25, 0.3) is 211 Å². The second-order valence-electron chi connectivity index (χ2n) is 33.0. The highest BCUT2D eigenvalue weighted by molar-refractivity contribution is 6.21. The van der Waals surface area contributed by atoms with Crippen molar-refractivity contribution in [3.8, 4) is 124 Å². The van der Waals surface area contributed by atoms with E-state index in [1.54, 1.807) is 0 Å². The quantitative estimate of drug-likeness (QED) is 0.127. The number of para-hydroxylation sites is 3. The minimum atomic E-state index is -0.550. The maximum Gasteiger partial charge on any atom is 0.164 e. The molecule has 2 spiro atoms. The van der Waals surface area contributed by atoms with Crippen molar-refractivity contribution in [1.29, 1.82) is 0 Å². The first-order chi connectivity index (χ1) is 60.5. The normalized spacial score (nSPS) is 13.4. The summed E-state index contributed by atoms with van der Waals surface area (Å²) >= 11 is 0. The van der Waals surface area contributed by atoms with Crippen LogP contribution in [0.3, 0.4) is 0 Å². The van der Waals surface area contributed by atoms with Crippen LogP contribution in [0.5, 0.6) is 0 Å². The first kappa shape index (κ1) is 66.9. The van der Waals surface area contributed by atoms with Gasteiger partial charge in [0.1, 0.15) is 0 Å². The van der Waals surface area contributed by atoms with Gasteiger partial charge in [0.15, 0.2) is 34.9 Å². The number of nitrogens with zero attached hydrogens (tertiary/aromatic N) is 8. The van der Waals surface area contributed by atoms with Gasteiger partial charge in [-0.05, 0) is 187 Å². The lowest BCUT2D eigenvalue weighted by molar-refractivity contribution is 0.797. The van der Waals surface area contributed by atoms with Crippen LogP contribution >= 0.6 is 0 Å². The van der Waals surface area contributed by atoms with Crippen LogP contribution in [0, 0.1) is 0 Å². The first-order valence-electron chi connectivity index (χ1n) is 41.9. The van der Waals surface area contributed by atoms with E-state index in [2.05, 4.69) is 403 Å². The van der Waals surface area contributed by atoms with E-state index in [-0.39, 0.29) is 0 Å². The molecule has 0 radical (unpaired) electrons. The zero-order chi connectivity index (χ0) is 79.6. The zero-order valence-corrected chi connectivity index (χ0v) is 65.7. The summed E-state index contributed by atoms with van der Waals surface area (Å²) in [5.41, 5.74) is 30.5. The summed E-state index contributed by atoms with van der Waals surface area (Å²) in [5, 5.41) is 15.0. The highest BCUT2D eigenvalue weighted by Gasteiger charge is 2.53. The molecule has 562 valence electrons. The minimum Gasteiger partial charge on any atom is -0.309 e. The predicted octanol–water partition coefficient (Wildman–Crippen LogP) is 27.6. The van der Waals surface area contributed by atoms with Crippen LogP contribution in [0.4, 0.5) is 0 Å². The van der Waals surface area contributed by atoms with Gasteiger partial charge in [0.05, 0.1) is 32.9 Å². The van der Waals surface area contributed by atoms with Crippen LogP contribution < -0.4 is 0 Å². The number of fused-ring (bicyclic) bond motifs is 20. The molecule has 19 aromatic carbocycles. The number of hydrogen-bond acceptors (Lipinski definition) is 6. The lowest BCUT2D eigenvalue weighted by Crippen LogP contribution is -2.26. The molecule has 0 atom stereocenters. The smallest absolute Gasteiger partial charge is 0.164 e. The fourth-order valence-electron chi connectivity index (χ4n) is 22.0. The van der Waals surface area contributed by atoms with Gasteiger partial charge >= 0.3 is 0 Å². The molecule has 4 aromatic heterocycles. The van der Waals surface area contributed by atoms with E-state index in [1.165, 1.54) is 110 Å². The summed E-state index contributed by atoms with van der Waals surface area (Å²) < 4.78 is 4.74. The van der Waals surface area contributed by atoms with Gasteiger partial charge in [-0.2, -0.15) is 0 Å². The third-order valence-corrected chi connectivity index (χ3v) is 27.0. The molecule has 0 fully saturated rings. The predicted molar refractivity (Wildman–Crippen MR) is 497 cm³/mol. The third-order valence-electron chi connectivity index (χ3n) is 27.0. The lowest BCUT2D eigenvalue weighted by Gasteiger charge is -2.31. The number of rotatable bonds is 10. The molecule has 122 heavy (non-hydrogen) atoms. The van der Waals surface area contributed by atoms with Gasteiger partial charge in [-0.15, -0.1) is 0 Å². The van der Waals surface area contributed by atoms with E-state index in [1.807, 2.05) is 6.07 Å². The van der Waals surface area contributed by atoms with Gasteiger partial charge in [0, 0.05) is 66.3 Å². The second kappa shape index (κ2) is 25.2. The van der Waals surface area contributed by atoms with Crippen molar-refractivity contribution in [2.24, 2.45) is 0 Å². The Hall–Kier alpha value is -16.2. The Bertz CT molecular complexity index is 8370. The number of hydrogen-bond donors (Lipinski definition) is 0. The van der Waals surface area contributed by atoms with Crippen molar-refractivity contribution in [3.05, 3.63) is 445 Å². The largest absolute Gasteiger partial charge is 0.309 e. The molecule has 27 rings (SSSR count). The summed E-state index contributed by atoms with van der Waals surface area (Å²) in [4.78, 5) is 33.0. The molecule has 0 saturated heterocycles. The third kappa shape index (κ3) is 9.18. The number of aromatic nitrogens is 8. The summed E-state index contributed by atoms with van der Waals surface area (Å²) in [7, 11) is 0. The molecule has 0 amide bonds. The summed E-state index contributed by atoms with van der Waals surface area (Å²) in [6.45, 7) is 0. The van der Waals surface area contributed by atoms with Gasteiger partial charge in [-0.3, -0.25) is 0 Å². The SMILES string of the molecule is c1ccc(-c2nc(-c3ccc4c5c(-c6ccc(-c7nc(-c8ccc(-c9ccc%10c(c9)C9(c%11ccccc%11-%10)c%10cccc%11ccc%12cccc9c%12c%10%11)cc8)nc(-c8ccc9c%10ccccc%10n(-c%10ccccc%10)c9c8)n7)cc6)cccc5n(-c5ccccc5)c4c3)nc(-c3cccc4c3-c3ccccc3C43c4cccc5ccc6cccc3c6c45)n2)cc1. The van der Waals surface area contributed by atoms with Crippen molar-refractivity contribution in [2.45, 2.75) is 10.8 Å². The molecule has 0 bridgehead atoms. The van der Waals surface area contributed by atoms with Gasteiger partial charge < -0.3 is 9.13 Å². The highest BCUT2D eigenvalue weighted by Crippen LogP contribution is 2.66. The average Bonchev–Trinajstić information content (AvgIpc) is 1.50. The molecule has 0 unspecified atom stereocenters. The van der Waals surface area contributed by atoms with Gasteiger partial charge in [0.2, 0.25) is 0 Å². The molecule has 4 aliphatic rings. The molecule has 23 aromatic rings. The monoisotopic (exact) mass is 1550 g/mol. The first-order valence-corrected chi connectivity index (χ1v) is 41.9. The van der Waals surface area contributed by atoms with E-state index in [9.17, 15) is 0 Å². The van der Waals surface area contributed by atoms with E-state index < -0.39 is 10.8 Å². The maximum absolute atomic E-state index is 5.63. The van der Waals surface area contributed by atoms with Crippen LogP contribution in [-0.4, -0.2) is 39.0 Å². The Balaban J connectivity index is 0.588. The second-order valence-corrected chi connectivity index (χ2v) is 33.0. The zero-order valence-electron chi connectivity index (χ0n) is 65.7. The Morgan fingerprint density at radius 1 is 0.172 bits per heavy atom. The van der Waals surface area contributed by atoms with Crippen LogP contribution in [0.2, 0.25) is 0 Å². The topological polar surface area (TPSA) is 87.2 Å². The van der Waals surface area contributed by atoms with E-state index in [0.29, 0.717) is 34.9 Å². The minimum absolute atomic E-state index is 0.471. The molecular formula is C114H66N8. The summed E-state index contributed by atoms with van der Waals surface area (Å²) in [5.74, 6) is 3.52. The van der Waals surface area contributed by atoms with Crippen LogP contribution in [0.1, 0.15) is 44.5 Å². The average molecular weight is 1550 g/mol. The van der Waals surface area contributed by atoms with Crippen molar-refractivity contribution in [2.75, 3.05) is 0 Å². The van der Waals surface area contributed by atoms with Crippen LogP contribution in [0.15, 0.2) is 400 Å². The fourth-order valence-corrected chi connectivity index (χ4v) is 22.0. The van der Waals surface area contributed by atoms with Crippen LogP contribution in [-0.2, 0) is 10.8 Å². The lowest BCUT2D eigenvalue weighted by atomic mass is 9.70.